The van der Waals surface area contributed by atoms with Crippen LogP contribution >= 0.6 is 11.8 Å². The molecule has 0 radical (unpaired) electrons. The van der Waals surface area contributed by atoms with Crippen LogP contribution < -0.4 is 5.73 Å². The summed E-state index contributed by atoms with van der Waals surface area (Å²) in [7, 11) is 0. The molecule has 0 bridgehead atoms. The van der Waals surface area contributed by atoms with Crippen molar-refractivity contribution in [3.8, 4) is 0 Å². The van der Waals surface area contributed by atoms with Gasteiger partial charge in [-0.3, -0.25) is 4.68 Å². The van der Waals surface area contributed by atoms with E-state index in [0.29, 0.717) is 6.04 Å². The van der Waals surface area contributed by atoms with E-state index >= 15 is 0 Å². The SMILES string of the molecule is CSc1nn(C2CCCCC2)cc1N. The van der Waals surface area contributed by atoms with Crippen LogP contribution in [-0.2, 0) is 0 Å². The zero-order valence-corrected chi connectivity index (χ0v) is 9.39. The van der Waals surface area contributed by atoms with Gasteiger partial charge in [-0.1, -0.05) is 19.3 Å². The molecule has 0 amide bonds. The van der Waals surface area contributed by atoms with Crippen molar-refractivity contribution in [2.45, 2.75) is 43.2 Å². The lowest BCUT2D eigenvalue weighted by atomic mass is 9.96. The number of aromatic nitrogens is 2. The first-order valence-corrected chi connectivity index (χ1v) is 6.42. The minimum Gasteiger partial charge on any atom is -0.395 e. The Morgan fingerprint density at radius 2 is 2.14 bits per heavy atom. The lowest BCUT2D eigenvalue weighted by Crippen LogP contribution is -2.13. The summed E-state index contributed by atoms with van der Waals surface area (Å²) in [5.74, 6) is 0. The van der Waals surface area contributed by atoms with Crippen LogP contribution in [0.1, 0.15) is 38.1 Å². The second kappa shape index (κ2) is 4.26. The summed E-state index contributed by atoms with van der Waals surface area (Å²) in [6, 6.07) is 0.590. The number of nitrogen functional groups attached to an aromatic ring is 1. The number of nitrogens with two attached hydrogens (primary N) is 1. The molecule has 1 aromatic heterocycles. The standard InChI is InChI=1S/C10H17N3S/c1-14-10-9(11)7-13(12-10)8-5-3-2-4-6-8/h7-8H,2-6,11H2,1H3. The number of thioether (sulfide) groups is 1. The Balaban J connectivity index is 2.14. The van der Waals surface area contributed by atoms with Gasteiger partial charge in [0.15, 0.2) is 0 Å². The van der Waals surface area contributed by atoms with Gasteiger partial charge in [0.2, 0.25) is 0 Å². The van der Waals surface area contributed by atoms with E-state index in [1.54, 1.807) is 11.8 Å². The van der Waals surface area contributed by atoms with E-state index in [4.69, 9.17) is 5.73 Å². The number of rotatable bonds is 2. The van der Waals surface area contributed by atoms with Crippen molar-refractivity contribution in [3.63, 3.8) is 0 Å². The van der Waals surface area contributed by atoms with Gasteiger partial charge in [-0.2, -0.15) is 5.10 Å². The van der Waals surface area contributed by atoms with Crippen molar-refractivity contribution in [2.24, 2.45) is 0 Å². The molecule has 0 spiro atoms. The summed E-state index contributed by atoms with van der Waals surface area (Å²) < 4.78 is 2.07. The Kier molecular flexibility index (Phi) is 3.01. The molecule has 0 saturated heterocycles. The molecular weight excluding hydrogens is 194 g/mol. The third-order valence-corrected chi connectivity index (χ3v) is 3.57. The van der Waals surface area contributed by atoms with Crippen LogP contribution in [0.25, 0.3) is 0 Å². The molecular formula is C10H17N3S. The van der Waals surface area contributed by atoms with Crippen LogP contribution in [0.2, 0.25) is 0 Å². The van der Waals surface area contributed by atoms with Crippen LogP contribution in [0, 0.1) is 0 Å². The Morgan fingerprint density at radius 1 is 1.43 bits per heavy atom. The first-order valence-electron chi connectivity index (χ1n) is 5.20. The normalized spacial score (nSPS) is 18.6. The van der Waals surface area contributed by atoms with E-state index in [1.165, 1.54) is 32.1 Å². The van der Waals surface area contributed by atoms with Crippen LogP contribution in [-0.4, -0.2) is 16.0 Å². The highest BCUT2D eigenvalue weighted by atomic mass is 32.2. The average molecular weight is 211 g/mol. The van der Waals surface area contributed by atoms with E-state index in [9.17, 15) is 0 Å². The van der Waals surface area contributed by atoms with Gasteiger partial charge < -0.3 is 5.73 Å². The van der Waals surface area contributed by atoms with Crippen molar-refractivity contribution < 1.29 is 0 Å². The molecule has 2 N–H and O–H groups in total. The zero-order valence-electron chi connectivity index (χ0n) is 8.57. The van der Waals surface area contributed by atoms with Crippen molar-refractivity contribution in [3.05, 3.63) is 6.20 Å². The predicted octanol–water partition coefficient (Wildman–Crippen LogP) is 2.69. The van der Waals surface area contributed by atoms with Crippen molar-refractivity contribution >= 4 is 17.4 Å². The summed E-state index contributed by atoms with van der Waals surface area (Å²) in [4.78, 5) is 0. The summed E-state index contributed by atoms with van der Waals surface area (Å²) in [6.07, 6.45) is 10.6. The Labute approximate surface area is 89.1 Å². The number of nitrogens with zero attached hydrogens (tertiary/aromatic N) is 2. The average Bonchev–Trinajstić information content (AvgIpc) is 2.61. The number of hydrogen-bond acceptors (Lipinski definition) is 3. The minimum atomic E-state index is 0.590. The lowest BCUT2D eigenvalue weighted by molar-refractivity contribution is 0.326. The molecule has 0 atom stereocenters. The largest absolute Gasteiger partial charge is 0.395 e. The van der Waals surface area contributed by atoms with Crippen molar-refractivity contribution in [2.75, 3.05) is 12.0 Å². The summed E-state index contributed by atoms with van der Waals surface area (Å²) >= 11 is 1.62. The number of hydrogen-bond donors (Lipinski definition) is 1. The molecule has 2 rings (SSSR count). The highest BCUT2D eigenvalue weighted by Gasteiger charge is 2.17. The first-order chi connectivity index (χ1) is 6.81. The van der Waals surface area contributed by atoms with E-state index in [-0.39, 0.29) is 0 Å². The van der Waals surface area contributed by atoms with Gasteiger partial charge in [-0.05, 0) is 19.1 Å². The van der Waals surface area contributed by atoms with Gasteiger partial charge in [0, 0.05) is 6.20 Å². The second-order valence-electron chi connectivity index (χ2n) is 3.87. The van der Waals surface area contributed by atoms with Crippen LogP contribution in [0.4, 0.5) is 5.69 Å². The molecule has 3 nitrogen and oxygen atoms in total. The highest BCUT2D eigenvalue weighted by molar-refractivity contribution is 7.98. The molecule has 1 aromatic rings. The van der Waals surface area contributed by atoms with Crippen LogP contribution in [0.15, 0.2) is 11.2 Å². The molecule has 0 unspecified atom stereocenters. The molecule has 14 heavy (non-hydrogen) atoms. The van der Waals surface area contributed by atoms with Crippen molar-refractivity contribution in [1.29, 1.82) is 0 Å². The Morgan fingerprint density at radius 3 is 2.71 bits per heavy atom. The maximum atomic E-state index is 5.85. The maximum absolute atomic E-state index is 5.85. The monoisotopic (exact) mass is 211 g/mol. The van der Waals surface area contributed by atoms with Gasteiger partial charge in [0.1, 0.15) is 5.03 Å². The molecule has 1 aliphatic carbocycles. The fraction of sp³-hybridized carbons (Fsp3) is 0.700. The van der Waals surface area contributed by atoms with E-state index in [2.05, 4.69) is 9.78 Å². The fourth-order valence-electron chi connectivity index (χ4n) is 2.08. The van der Waals surface area contributed by atoms with Gasteiger partial charge in [0.25, 0.3) is 0 Å². The van der Waals surface area contributed by atoms with Crippen LogP contribution in [0.3, 0.4) is 0 Å². The quantitative estimate of drug-likeness (QED) is 0.765. The first kappa shape index (κ1) is 9.90. The molecule has 1 fully saturated rings. The third-order valence-electron chi connectivity index (χ3n) is 2.87. The molecule has 1 aliphatic rings. The summed E-state index contributed by atoms with van der Waals surface area (Å²) in [6.45, 7) is 0. The smallest absolute Gasteiger partial charge is 0.141 e. The van der Waals surface area contributed by atoms with Crippen LogP contribution in [0.5, 0.6) is 0 Å². The molecule has 78 valence electrons. The van der Waals surface area contributed by atoms with Gasteiger partial charge >= 0.3 is 0 Å². The van der Waals surface area contributed by atoms with Gasteiger partial charge in [-0.15, -0.1) is 11.8 Å². The molecule has 1 heterocycles. The van der Waals surface area contributed by atoms with Gasteiger partial charge in [0.05, 0.1) is 11.7 Å². The molecule has 0 aliphatic heterocycles. The third kappa shape index (κ3) is 1.90. The van der Waals surface area contributed by atoms with E-state index in [0.717, 1.165) is 10.7 Å². The molecule has 1 saturated carbocycles. The molecule has 4 heteroatoms. The van der Waals surface area contributed by atoms with Crippen molar-refractivity contribution in [1.82, 2.24) is 9.78 Å². The fourth-order valence-corrected chi connectivity index (χ4v) is 2.54. The Hall–Kier alpha value is -0.640. The number of anilines is 1. The molecule has 0 aromatic carbocycles. The summed E-state index contributed by atoms with van der Waals surface area (Å²) in [5.41, 5.74) is 6.68. The van der Waals surface area contributed by atoms with E-state index in [1.807, 2.05) is 12.5 Å². The predicted molar refractivity (Wildman–Crippen MR) is 60.5 cm³/mol. The Bertz CT molecular complexity index is 302. The maximum Gasteiger partial charge on any atom is 0.141 e. The van der Waals surface area contributed by atoms with E-state index < -0.39 is 0 Å². The second-order valence-corrected chi connectivity index (χ2v) is 4.66. The zero-order chi connectivity index (χ0) is 9.97. The summed E-state index contributed by atoms with van der Waals surface area (Å²) in [5, 5.41) is 5.47. The highest BCUT2D eigenvalue weighted by Crippen LogP contribution is 2.30. The van der Waals surface area contributed by atoms with Gasteiger partial charge in [-0.25, -0.2) is 0 Å². The lowest BCUT2D eigenvalue weighted by Gasteiger charge is -2.21. The topological polar surface area (TPSA) is 43.8 Å². The minimum absolute atomic E-state index is 0.590.